The molecule has 0 radical (unpaired) electrons. The summed E-state index contributed by atoms with van der Waals surface area (Å²) in [5, 5.41) is 8.67. The van der Waals surface area contributed by atoms with Gasteiger partial charge in [0, 0.05) is 16.9 Å². The second-order valence-corrected chi connectivity index (χ2v) is 6.77. The van der Waals surface area contributed by atoms with Gasteiger partial charge in [0.05, 0.1) is 0 Å². The van der Waals surface area contributed by atoms with Crippen molar-refractivity contribution >= 4 is 32.9 Å². The van der Waals surface area contributed by atoms with Gasteiger partial charge in [-0.25, -0.2) is 0 Å². The Kier molecular flexibility index (Phi) is 3.84. The maximum Gasteiger partial charge on any atom is 0.0470 e. The van der Waals surface area contributed by atoms with Gasteiger partial charge in [-0.05, 0) is 57.4 Å². The van der Waals surface area contributed by atoms with Crippen molar-refractivity contribution in [3.63, 3.8) is 0 Å². The fraction of sp³-hybridized carbons (Fsp3) is 0. The van der Waals surface area contributed by atoms with Gasteiger partial charge in [0.15, 0.2) is 0 Å². The molecule has 1 nitrogen and oxygen atoms in total. The number of anilines is 2. The average molecular weight is 345 g/mol. The summed E-state index contributed by atoms with van der Waals surface area (Å²) >= 11 is 0. The van der Waals surface area contributed by atoms with E-state index in [-0.39, 0.29) is 0 Å². The molecule has 128 valence electrons. The van der Waals surface area contributed by atoms with Gasteiger partial charge in [-0.2, -0.15) is 0 Å². The van der Waals surface area contributed by atoms with Crippen molar-refractivity contribution in [3.05, 3.63) is 109 Å². The summed E-state index contributed by atoms with van der Waals surface area (Å²) in [6.45, 7) is 0. The van der Waals surface area contributed by atoms with Crippen LogP contribution >= 0.6 is 0 Å². The van der Waals surface area contributed by atoms with Crippen LogP contribution in [0.5, 0.6) is 0 Å². The second kappa shape index (κ2) is 6.62. The quantitative estimate of drug-likeness (QED) is 0.336. The molecule has 1 heteroatoms. The first-order valence-electron chi connectivity index (χ1n) is 9.21. The fourth-order valence-corrected chi connectivity index (χ4v) is 3.71. The van der Waals surface area contributed by atoms with Gasteiger partial charge in [0.1, 0.15) is 0 Å². The van der Waals surface area contributed by atoms with E-state index in [0.717, 1.165) is 11.4 Å². The monoisotopic (exact) mass is 345 g/mol. The lowest BCUT2D eigenvalue weighted by atomic mass is 9.94. The van der Waals surface area contributed by atoms with Gasteiger partial charge in [-0.1, -0.05) is 78.9 Å². The Bertz CT molecular complexity index is 1220. The second-order valence-electron chi connectivity index (χ2n) is 6.77. The van der Waals surface area contributed by atoms with Gasteiger partial charge in [0.25, 0.3) is 0 Å². The van der Waals surface area contributed by atoms with Crippen LogP contribution in [-0.4, -0.2) is 0 Å². The van der Waals surface area contributed by atoms with Crippen LogP contribution in [0, 0.1) is 0 Å². The SMILES string of the molecule is c1ccc(Nc2ccc3cc4ccccc4cc3c2-c2ccccc2)cc1. The Labute approximate surface area is 158 Å². The summed E-state index contributed by atoms with van der Waals surface area (Å²) in [6.07, 6.45) is 0. The highest BCUT2D eigenvalue weighted by Gasteiger charge is 2.11. The van der Waals surface area contributed by atoms with Crippen LogP contribution in [0.2, 0.25) is 0 Å². The van der Waals surface area contributed by atoms with E-state index in [0.29, 0.717) is 0 Å². The standard InChI is InChI=1S/C26H19N/c1-3-9-19(10-4-1)26-24-18-21-12-8-7-11-20(21)17-22(24)15-16-25(26)27-23-13-5-2-6-14-23/h1-18,27H. The van der Waals surface area contributed by atoms with E-state index < -0.39 is 0 Å². The zero-order valence-corrected chi connectivity index (χ0v) is 14.9. The van der Waals surface area contributed by atoms with E-state index >= 15 is 0 Å². The zero-order chi connectivity index (χ0) is 18.1. The number of para-hydroxylation sites is 1. The summed E-state index contributed by atoms with van der Waals surface area (Å²) < 4.78 is 0. The van der Waals surface area contributed by atoms with E-state index in [1.54, 1.807) is 0 Å². The van der Waals surface area contributed by atoms with Crippen LogP contribution < -0.4 is 5.32 Å². The molecule has 0 unspecified atom stereocenters. The molecular weight excluding hydrogens is 326 g/mol. The summed E-state index contributed by atoms with van der Waals surface area (Å²) in [5.41, 5.74) is 4.67. The molecule has 0 aliphatic rings. The molecule has 0 saturated carbocycles. The Morgan fingerprint density at radius 1 is 0.481 bits per heavy atom. The lowest BCUT2D eigenvalue weighted by molar-refractivity contribution is 1.55. The van der Waals surface area contributed by atoms with Gasteiger partial charge in [0.2, 0.25) is 0 Å². The van der Waals surface area contributed by atoms with Gasteiger partial charge in [-0.3, -0.25) is 0 Å². The molecule has 0 aliphatic heterocycles. The molecule has 0 fully saturated rings. The Morgan fingerprint density at radius 2 is 1.11 bits per heavy atom. The predicted octanol–water partition coefficient (Wildman–Crippen LogP) is 7.40. The summed E-state index contributed by atoms with van der Waals surface area (Å²) in [5.74, 6) is 0. The van der Waals surface area contributed by atoms with Crippen molar-refractivity contribution in [1.82, 2.24) is 0 Å². The Morgan fingerprint density at radius 3 is 1.85 bits per heavy atom. The van der Waals surface area contributed by atoms with Crippen molar-refractivity contribution < 1.29 is 0 Å². The van der Waals surface area contributed by atoms with Crippen molar-refractivity contribution in [2.45, 2.75) is 0 Å². The van der Waals surface area contributed by atoms with E-state index in [9.17, 15) is 0 Å². The molecule has 5 aromatic rings. The van der Waals surface area contributed by atoms with Gasteiger partial charge < -0.3 is 5.32 Å². The van der Waals surface area contributed by atoms with Crippen molar-refractivity contribution in [1.29, 1.82) is 0 Å². The van der Waals surface area contributed by atoms with Crippen LogP contribution in [0.25, 0.3) is 32.7 Å². The summed E-state index contributed by atoms with van der Waals surface area (Å²) in [7, 11) is 0. The molecule has 0 spiro atoms. The molecule has 0 aliphatic carbocycles. The molecular formula is C26H19N. The fourth-order valence-electron chi connectivity index (χ4n) is 3.71. The topological polar surface area (TPSA) is 12.0 Å². The zero-order valence-electron chi connectivity index (χ0n) is 14.9. The van der Waals surface area contributed by atoms with Crippen LogP contribution in [-0.2, 0) is 0 Å². The first-order valence-corrected chi connectivity index (χ1v) is 9.21. The molecule has 0 amide bonds. The largest absolute Gasteiger partial charge is 0.355 e. The van der Waals surface area contributed by atoms with Gasteiger partial charge in [-0.15, -0.1) is 0 Å². The third-order valence-corrected chi connectivity index (χ3v) is 5.00. The minimum Gasteiger partial charge on any atom is -0.355 e. The van der Waals surface area contributed by atoms with E-state index in [4.69, 9.17) is 0 Å². The van der Waals surface area contributed by atoms with Crippen LogP contribution in [0.3, 0.4) is 0 Å². The minimum absolute atomic E-state index is 1.09. The van der Waals surface area contributed by atoms with E-state index in [1.165, 1.54) is 32.7 Å². The maximum atomic E-state index is 3.61. The number of fused-ring (bicyclic) bond motifs is 2. The van der Waals surface area contributed by atoms with E-state index in [1.807, 2.05) is 6.07 Å². The summed E-state index contributed by atoms with van der Waals surface area (Å²) in [4.78, 5) is 0. The van der Waals surface area contributed by atoms with Crippen LogP contribution in [0.4, 0.5) is 11.4 Å². The predicted molar refractivity (Wildman–Crippen MR) is 117 cm³/mol. The molecule has 27 heavy (non-hydrogen) atoms. The number of nitrogens with one attached hydrogen (secondary N) is 1. The highest BCUT2D eigenvalue weighted by atomic mass is 14.9. The molecule has 1 N–H and O–H groups in total. The van der Waals surface area contributed by atoms with Crippen molar-refractivity contribution in [2.75, 3.05) is 5.32 Å². The lowest BCUT2D eigenvalue weighted by Gasteiger charge is -2.16. The summed E-state index contributed by atoms with van der Waals surface area (Å²) in [6, 6.07) is 38.5. The number of benzene rings is 5. The molecule has 5 aromatic carbocycles. The molecule has 0 heterocycles. The smallest absolute Gasteiger partial charge is 0.0470 e. The minimum atomic E-state index is 1.09. The molecule has 0 saturated heterocycles. The number of hydrogen-bond donors (Lipinski definition) is 1. The lowest BCUT2D eigenvalue weighted by Crippen LogP contribution is -1.94. The van der Waals surface area contributed by atoms with Crippen LogP contribution in [0.15, 0.2) is 109 Å². The normalized spacial score (nSPS) is 11.0. The third-order valence-electron chi connectivity index (χ3n) is 5.00. The molecule has 0 atom stereocenters. The Balaban J connectivity index is 1.80. The number of hydrogen-bond acceptors (Lipinski definition) is 1. The molecule has 5 rings (SSSR count). The van der Waals surface area contributed by atoms with Crippen molar-refractivity contribution in [2.24, 2.45) is 0 Å². The maximum absolute atomic E-state index is 3.61. The number of rotatable bonds is 3. The Hall–Kier alpha value is -3.58. The highest BCUT2D eigenvalue weighted by molar-refractivity contribution is 6.09. The van der Waals surface area contributed by atoms with Crippen molar-refractivity contribution in [3.8, 4) is 11.1 Å². The third kappa shape index (κ3) is 2.94. The molecule has 0 aromatic heterocycles. The van der Waals surface area contributed by atoms with E-state index in [2.05, 4.69) is 108 Å². The first-order chi connectivity index (χ1) is 13.4. The first kappa shape index (κ1) is 15.7. The van der Waals surface area contributed by atoms with Gasteiger partial charge >= 0.3 is 0 Å². The average Bonchev–Trinajstić information content (AvgIpc) is 2.73. The highest BCUT2D eigenvalue weighted by Crippen LogP contribution is 2.38. The molecule has 0 bridgehead atoms. The van der Waals surface area contributed by atoms with Crippen LogP contribution in [0.1, 0.15) is 0 Å².